The average molecular weight is 413 g/mol. The van der Waals surface area contributed by atoms with Crippen LogP contribution in [0.4, 0.5) is 0 Å². The lowest BCUT2D eigenvalue weighted by Crippen LogP contribution is -2.36. The van der Waals surface area contributed by atoms with E-state index in [9.17, 15) is 9.59 Å². The summed E-state index contributed by atoms with van der Waals surface area (Å²) in [5.41, 5.74) is 0. The maximum atomic E-state index is 11.7. The van der Waals surface area contributed by atoms with Crippen molar-refractivity contribution in [3.8, 4) is 0 Å². The van der Waals surface area contributed by atoms with Crippen LogP contribution in [0.1, 0.15) is 36.4 Å². The molecule has 0 unspecified atom stereocenters. The summed E-state index contributed by atoms with van der Waals surface area (Å²) >= 11 is 7.85. The second kappa shape index (κ2) is 8.01. The first kappa shape index (κ1) is 16.7. The maximum Gasteiger partial charge on any atom is 0.348 e. The fraction of sp³-hybridized carbons (Fsp3) is 0.500. The van der Waals surface area contributed by atoms with Gasteiger partial charge in [0.2, 0.25) is 0 Å². The highest BCUT2D eigenvalue weighted by Gasteiger charge is 2.15. The molecule has 1 rings (SSSR count). The summed E-state index contributed by atoms with van der Waals surface area (Å²) in [5, 5.41) is 2.81. The molecular weight excluding hydrogens is 398 g/mol. The van der Waals surface area contributed by atoms with Crippen molar-refractivity contribution in [3.63, 3.8) is 0 Å². The van der Waals surface area contributed by atoms with Crippen LogP contribution in [0.25, 0.3) is 0 Å². The summed E-state index contributed by atoms with van der Waals surface area (Å²) in [4.78, 5) is 23.7. The Morgan fingerprint density at radius 3 is 2.47 bits per heavy atom. The van der Waals surface area contributed by atoms with Gasteiger partial charge in [0.05, 0.1) is 3.79 Å². The molecule has 0 atom stereocenters. The third-order valence-corrected chi connectivity index (χ3v) is 5.77. The van der Waals surface area contributed by atoms with Crippen molar-refractivity contribution in [2.75, 3.05) is 6.61 Å². The van der Waals surface area contributed by atoms with E-state index in [4.69, 9.17) is 4.74 Å². The van der Waals surface area contributed by atoms with Crippen LogP contribution in [0.15, 0.2) is 14.3 Å². The predicted octanol–water partition coefficient (Wildman–Crippen LogP) is 3.73. The van der Waals surface area contributed by atoms with E-state index in [0.29, 0.717) is 4.88 Å². The fourth-order valence-corrected chi connectivity index (χ4v) is 3.34. The Labute approximate surface area is 133 Å². The van der Waals surface area contributed by atoms with Crippen molar-refractivity contribution < 1.29 is 14.3 Å². The monoisotopic (exact) mass is 411 g/mol. The number of halogens is 2. The minimum absolute atomic E-state index is 0.135. The Kier molecular flexibility index (Phi) is 7.02. The smallest absolute Gasteiger partial charge is 0.348 e. The second-order valence-electron chi connectivity index (χ2n) is 3.89. The van der Waals surface area contributed by atoms with Crippen molar-refractivity contribution in [2.24, 2.45) is 0 Å². The minimum Gasteiger partial charge on any atom is -0.451 e. The number of amides is 1. The first-order valence-corrected chi connectivity index (χ1v) is 8.29. The number of esters is 1. The number of ether oxygens (including phenoxy) is 1. The van der Waals surface area contributed by atoms with Crippen molar-refractivity contribution in [3.05, 3.63) is 19.2 Å². The van der Waals surface area contributed by atoms with Crippen LogP contribution in [-0.2, 0) is 9.53 Å². The zero-order valence-corrected chi connectivity index (χ0v) is 14.7. The molecule has 0 bridgehead atoms. The Morgan fingerprint density at radius 1 is 1.37 bits per heavy atom. The molecule has 0 aromatic carbocycles. The molecule has 0 radical (unpaired) electrons. The molecule has 1 aromatic heterocycles. The van der Waals surface area contributed by atoms with E-state index in [-0.39, 0.29) is 18.6 Å². The summed E-state index contributed by atoms with van der Waals surface area (Å²) in [6.07, 6.45) is 1.72. The third-order valence-electron chi connectivity index (χ3n) is 2.53. The maximum absolute atomic E-state index is 11.7. The van der Waals surface area contributed by atoms with Crippen molar-refractivity contribution >= 4 is 55.1 Å². The lowest BCUT2D eigenvalue weighted by molar-refractivity contribution is -0.125. The minimum atomic E-state index is -0.490. The van der Waals surface area contributed by atoms with Gasteiger partial charge >= 0.3 is 5.97 Å². The quantitative estimate of drug-likeness (QED) is 0.724. The molecule has 106 valence electrons. The highest BCUT2D eigenvalue weighted by molar-refractivity contribution is 9.13. The SMILES string of the molecule is CCC(CC)NC(=O)COC(=O)c1cc(Br)c(Br)s1. The molecule has 0 fully saturated rings. The fourth-order valence-electron chi connectivity index (χ4n) is 1.41. The van der Waals surface area contributed by atoms with E-state index in [0.717, 1.165) is 21.1 Å². The van der Waals surface area contributed by atoms with Crippen LogP contribution in [0.3, 0.4) is 0 Å². The molecule has 0 aliphatic heterocycles. The summed E-state index contributed by atoms with van der Waals surface area (Å²) in [7, 11) is 0. The van der Waals surface area contributed by atoms with Gasteiger partial charge in [-0.25, -0.2) is 4.79 Å². The molecule has 0 saturated carbocycles. The van der Waals surface area contributed by atoms with Gasteiger partial charge < -0.3 is 10.1 Å². The van der Waals surface area contributed by atoms with Crippen LogP contribution in [0, 0.1) is 0 Å². The number of rotatable bonds is 6. The number of thiophene rings is 1. The number of carbonyl (C=O) groups is 2. The standard InChI is InChI=1S/C12H15Br2NO3S/c1-3-7(4-2)15-10(16)6-18-12(17)9-5-8(13)11(14)19-9/h5,7H,3-4,6H2,1-2H3,(H,15,16). The largest absolute Gasteiger partial charge is 0.451 e. The molecule has 0 saturated heterocycles. The van der Waals surface area contributed by atoms with E-state index in [1.165, 1.54) is 11.3 Å². The van der Waals surface area contributed by atoms with Gasteiger partial charge in [0.15, 0.2) is 6.61 Å². The molecule has 19 heavy (non-hydrogen) atoms. The van der Waals surface area contributed by atoms with E-state index >= 15 is 0 Å². The molecule has 4 nitrogen and oxygen atoms in total. The van der Waals surface area contributed by atoms with Gasteiger partial charge in [-0.05, 0) is 50.8 Å². The Hall–Kier alpha value is -0.400. The van der Waals surface area contributed by atoms with Crippen LogP contribution in [0.2, 0.25) is 0 Å². The van der Waals surface area contributed by atoms with Gasteiger partial charge in [-0.1, -0.05) is 13.8 Å². The average Bonchev–Trinajstić information content (AvgIpc) is 2.73. The summed E-state index contributed by atoms with van der Waals surface area (Å²) in [6, 6.07) is 1.80. The number of hydrogen-bond acceptors (Lipinski definition) is 4. The highest BCUT2D eigenvalue weighted by atomic mass is 79.9. The summed E-state index contributed by atoms with van der Waals surface area (Å²) in [6.45, 7) is 3.75. The number of hydrogen-bond donors (Lipinski definition) is 1. The van der Waals surface area contributed by atoms with Crippen molar-refractivity contribution in [2.45, 2.75) is 32.7 Å². The van der Waals surface area contributed by atoms with E-state index in [1.54, 1.807) is 6.07 Å². The molecule has 0 aliphatic carbocycles. The van der Waals surface area contributed by atoms with Gasteiger partial charge in [-0.3, -0.25) is 4.79 Å². The zero-order chi connectivity index (χ0) is 14.4. The normalized spacial score (nSPS) is 10.6. The van der Waals surface area contributed by atoms with Crippen molar-refractivity contribution in [1.29, 1.82) is 0 Å². The molecule has 0 aliphatic rings. The first-order chi connectivity index (χ1) is 8.97. The van der Waals surface area contributed by atoms with Gasteiger partial charge in [-0.2, -0.15) is 0 Å². The van der Waals surface area contributed by atoms with E-state index < -0.39 is 5.97 Å². The predicted molar refractivity (Wildman–Crippen MR) is 82.5 cm³/mol. The van der Waals surface area contributed by atoms with Crippen LogP contribution < -0.4 is 5.32 Å². The van der Waals surface area contributed by atoms with Gasteiger partial charge in [0.1, 0.15) is 4.88 Å². The van der Waals surface area contributed by atoms with Gasteiger partial charge in [0, 0.05) is 10.5 Å². The lowest BCUT2D eigenvalue weighted by Gasteiger charge is -2.14. The van der Waals surface area contributed by atoms with Crippen molar-refractivity contribution in [1.82, 2.24) is 5.32 Å². The molecule has 7 heteroatoms. The van der Waals surface area contributed by atoms with Crippen LogP contribution in [-0.4, -0.2) is 24.5 Å². The summed E-state index contributed by atoms with van der Waals surface area (Å²) < 4.78 is 6.58. The topological polar surface area (TPSA) is 55.4 Å². The van der Waals surface area contributed by atoms with Gasteiger partial charge in [-0.15, -0.1) is 11.3 Å². The van der Waals surface area contributed by atoms with E-state index in [1.807, 2.05) is 13.8 Å². The zero-order valence-electron chi connectivity index (χ0n) is 10.7. The molecule has 1 amide bonds. The molecule has 0 spiro atoms. The number of carbonyl (C=O) groups excluding carboxylic acids is 2. The Morgan fingerprint density at radius 2 is 2.00 bits per heavy atom. The molecular formula is C12H15Br2NO3S. The van der Waals surface area contributed by atoms with Crippen LogP contribution in [0.5, 0.6) is 0 Å². The number of nitrogens with one attached hydrogen (secondary N) is 1. The molecule has 1 N–H and O–H groups in total. The highest BCUT2D eigenvalue weighted by Crippen LogP contribution is 2.32. The molecule has 1 heterocycles. The van der Waals surface area contributed by atoms with E-state index in [2.05, 4.69) is 37.2 Å². The Bertz CT molecular complexity index is 438. The summed E-state index contributed by atoms with van der Waals surface area (Å²) in [5.74, 6) is -0.757. The first-order valence-electron chi connectivity index (χ1n) is 5.89. The Balaban J connectivity index is 2.44. The lowest BCUT2D eigenvalue weighted by atomic mass is 10.2. The van der Waals surface area contributed by atoms with Gasteiger partial charge in [0.25, 0.3) is 5.91 Å². The second-order valence-corrected chi connectivity index (χ2v) is 7.11. The molecule has 1 aromatic rings. The third kappa shape index (κ3) is 5.24. The van der Waals surface area contributed by atoms with Crippen LogP contribution >= 0.6 is 43.2 Å².